The molecule has 2 unspecified atom stereocenters. The Hall–Kier alpha value is -1.54. The van der Waals surface area contributed by atoms with Crippen LogP contribution in [0.25, 0.3) is 0 Å². The van der Waals surface area contributed by atoms with Crippen LogP contribution in [0.2, 0.25) is 0 Å². The van der Waals surface area contributed by atoms with Crippen LogP contribution in [0.15, 0.2) is 47.1 Å². The first-order valence-electron chi connectivity index (χ1n) is 6.18. The molecule has 88 valence electrons. The quantitative estimate of drug-likeness (QED) is 0.850. The fourth-order valence-corrected chi connectivity index (χ4v) is 2.76. The molecule has 2 heteroatoms. The first kappa shape index (κ1) is 10.6. The largest absolute Gasteiger partial charge is 0.469 e. The van der Waals surface area contributed by atoms with Crippen LogP contribution < -0.4 is 5.32 Å². The molecule has 1 fully saturated rings. The molecular weight excluding hydrogens is 210 g/mol. The molecule has 1 aromatic heterocycles. The third-order valence-corrected chi connectivity index (χ3v) is 3.62. The summed E-state index contributed by atoms with van der Waals surface area (Å²) in [6, 6.07) is 13.1. The molecule has 0 aliphatic carbocycles. The molecule has 0 saturated carbocycles. The van der Waals surface area contributed by atoms with Crippen molar-refractivity contribution in [3.05, 3.63) is 59.5 Å². The standard InChI is InChI=1S/C15H17NO/c1-11-8-10-17-15(11)13-7-9-16-14(13)12-5-3-2-4-6-12/h2-6,8,10,13-14,16H,7,9H2,1H3. The molecule has 0 radical (unpaired) electrons. The maximum absolute atomic E-state index is 5.66. The number of nitrogens with one attached hydrogen (secondary N) is 1. The van der Waals surface area contributed by atoms with Crippen LogP contribution in [-0.2, 0) is 0 Å². The number of aryl methyl sites for hydroxylation is 1. The van der Waals surface area contributed by atoms with Gasteiger partial charge < -0.3 is 9.73 Å². The molecule has 0 spiro atoms. The van der Waals surface area contributed by atoms with Crippen molar-refractivity contribution in [2.24, 2.45) is 0 Å². The average molecular weight is 227 g/mol. The fourth-order valence-electron chi connectivity index (χ4n) is 2.76. The fraction of sp³-hybridized carbons (Fsp3) is 0.333. The Morgan fingerprint density at radius 1 is 1.18 bits per heavy atom. The van der Waals surface area contributed by atoms with E-state index in [4.69, 9.17) is 4.42 Å². The van der Waals surface area contributed by atoms with E-state index in [2.05, 4.69) is 48.6 Å². The second-order valence-electron chi connectivity index (χ2n) is 4.71. The number of hydrogen-bond acceptors (Lipinski definition) is 2. The summed E-state index contributed by atoms with van der Waals surface area (Å²) in [5.74, 6) is 1.61. The van der Waals surface area contributed by atoms with Gasteiger partial charge in [-0.05, 0) is 37.1 Å². The minimum Gasteiger partial charge on any atom is -0.469 e. The van der Waals surface area contributed by atoms with Gasteiger partial charge >= 0.3 is 0 Å². The molecule has 0 amide bonds. The molecule has 2 aromatic rings. The minimum atomic E-state index is 0.390. The molecule has 1 aliphatic heterocycles. The van der Waals surface area contributed by atoms with Crippen molar-refractivity contribution in [1.82, 2.24) is 5.32 Å². The zero-order valence-corrected chi connectivity index (χ0v) is 10.0. The predicted molar refractivity (Wildman–Crippen MR) is 68.0 cm³/mol. The molecule has 1 aromatic carbocycles. The Morgan fingerprint density at radius 2 is 2.00 bits per heavy atom. The predicted octanol–water partition coefficient (Wildman–Crippen LogP) is 3.41. The van der Waals surface area contributed by atoms with Crippen molar-refractivity contribution in [3.63, 3.8) is 0 Å². The van der Waals surface area contributed by atoms with Crippen molar-refractivity contribution < 1.29 is 4.42 Å². The highest BCUT2D eigenvalue weighted by molar-refractivity contribution is 5.28. The van der Waals surface area contributed by atoms with Crippen molar-refractivity contribution in [1.29, 1.82) is 0 Å². The Balaban J connectivity index is 1.93. The molecule has 1 saturated heterocycles. The van der Waals surface area contributed by atoms with Gasteiger partial charge in [0.2, 0.25) is 0 Å². The minimum absolute atomic E-state index is 0.390. The summed E-state index contributed by atoms with van der Waals surface area (Å²) in [5.41, 5.74) is 2.62. The lowest BCUT2D eigenvalue weighted by atomic mass is 9.90. The van der Waals surface area contributed by atoms with Crippen LogP contribution in [0.3, 0.4) is 0 Å². The molecule has 1 aliphatic rings. The molecule has 2 nitrogen and oxygen atoms in total. The Kier molecular flexibility index (Phi) is 2.73. The summed E-state index contributed by atoms with van der Waals surface area (Å²) in [4.78, 5) is 0. The van der Waals surface area contributed by atoms with E-state index in [1.165, 1.54) is 11.1 Å². The van der Waals surface area contributed by atoms with Gasteiger partial charge in [-0.3, -0.25) is 0 Å². The number of hydrogen-bond donors (Lipinski definition) is 1. The molecule has 0 bridgehead atoms. The van der Waals surface area contributed by atoms with E-state index >= 15 is 0 Å². The third-order valence-electron chi connectivity index (χ3n) is 3.62. The second kappa shape index (κ2) is 4.38. The van der Waals surface area contributed by atoms with Crippen molar-refractivity contribution >= 4 is 0 Å². The number of rotatable bonds is 2. The van der Waals surface area contributed by atoms with E-state index < -0.39 is 0 Å². The van der Waals surface area contributed by atoms with Crippen LogP contribution in [0.4, 0.5) is 0 Å². The summed E-state index contributed by atoms with van der Waals surface area (Å²) in [6.45, 7) is 3.18. The lowest BCUT2D eigenvalue weighted by molar-refractivity contribution is 0.433. The topological polar surface area (TPSA) is 25.2 Å². The lowest BCUT2D eigenvalue weighted by Gasteiger charge is -2.18. The average Bonchev–Trinajstić information content (AvgIpc) is 2.98. The molecule has 1 N–H and O–H groups in total. The van der Waals surface area contributed by atoms with E-state index in [0.717, 1.165) is 18.7 Å². The van der Waals surface area contributed by atoms with Crippen LogP contribution >= 0.6 is 0 Å². The highest BCUT2D eigenvalue weighted by Crippen LogP contribution is 2.39. The van der Waals surface area contributed by atoms with Crippen LogP contribution in [0, 0.1) is 6.92 Å². The van der Waals surface area contributed by atoms with Crippen LogP contribution in [0.5, 0.6) is 0 Å². The first-order chi connectivity index (χ1) is 8.36. The van der Waals surface area contributed by atoms with Crippen LogP contribution in [-0.4, -0.2) is 6.54 Å². The van der Waals surface area contributed by atoms with Gasteiger partial charge in [0, 0.05) is 12.0 Å². The van der Waals surface area contributed by atoms with Gasteiger partial charge in [-0.1, -0.05) is 30.3 Å². The highest BCUT2D eigenvalue weighted by atomic mass is 16.3. The maximum atomic E-state index is 5.66. The van der Waals surface area contributed by atoms with E-state index in [1.807, 2.05) is 0 Å². The van der Waals surface area contributed by atoms with Gasteiger partial charge in [-0.2, -0.15) is 0 Å². The Bertz CT molecular complexity index is 489. The summed E-state index contributed by atoms with van der Waals surface area (Å²) in [7, 11) is 0. The Morgan fingerprint density at radius 3 is 2.71 bits per heavy atom. The molecule has 3 rings (SSSR count). The molecule has 2 atom stereocenters. The Labute approximate surface area is 102 Å². The van der Waals surface area contributed by atoms with E-state index in [-0.39, 0.29) is 0 Å². The molecule has 17 heavy (non-hydrogen) atoms. The van der Waals surface area contributed by atoms with Gasteiger partial charge in [0.25, 0.3) is 0 Å². The lowest BCUT2D eigenvalue weighted by Crippen LogP contribution is -2.16. The van der Waals surface area contributed by atoms with E-state index in [9.17, 15) is 0 Å². The van der Waals surface area contributed by atoms with Crippen LogP contribution in [0.1, 0.15) is 35.3 Å². The van der Waals surface area contributed by atoms with E-state index in [0.29, 0.717) is 12.0 Å². The summed E-state index contributed by atoms with van der Waals surface area (Å²) in [5, 5.41) is 3.58. The van der Waals surface area contributed by atoms with Gasteiger partial charge in [0.05, 0.1) is 6.26 Å². The molecule has 2 heterocycles. The van der Waals surface area contributed by atoms with Crippen molar-refractivity contribution in [2.75, 3.05) is 6.54 Å². The van der Waals surface area contributed by atoms with Gasteiger partial charge in [-0.25, -0.2) is 0 Å². The number of furan rings is 1. The number of benzene rings is 1. The SMILES string of the molecule is Cc1ccoc1C1CCNC1c1ccccc1. The summed E-state index contributed by atoms with van der Waals surface area (Å²) < 4.78 is 5.66. The first-order valence-corrected chi connectivity index (χ1v) is 6.18. The monoisotopic (exact) mass is 227 g/mol. The second-order valence-corrected chi connectivity index (χ2v) is 4.71. The zero-order chi connectivity index (χ0) is 11.7. The third kappa shape index (κ3) is 1.89. The van der Waals surface area contributed by atoms with E-state index in [1.54, 1.807) is 6.26 Å². The molecular formula is C15H17NO. The van der Waals surface area contributed by atoms with Gasteiger partial charge in [0.15, 0.2) is 0 Å². The maximum Gasteiger partial charge on any atom is 0.111 e. The van der Waals surface area contributed by atoms with Gasteiger partial charge in [0.1, 0.15) is 5.76 Å². The summed E-state index contributed by atoms with van der Waals surface area (Å²) in [6.07, 6.45) is 2.94. The van der Waals surface area contributed by atoms with Crippen molar-refractivity contribution in [3.8, 4) is 0 Å². The zero-order valence-electron chi connectivity index (χ0n) is 10.0. The van der Waals surface area contributed by atoms with Gasteiger partial charge in [-0.15, -0.1) is 0 Å². The van der Waals surface area contributed by atoms with Crippen molar-refractivity contribution in [2.45, 2.75) is 25.3 Å². The smallest absolute Gasteiger partial charge is 0.111 e. The normalized spacial score (nSPS) is 24.1. The highest BCUT2D eigenvalue weighted by Gasteiger charge is 2.32. The summed E-state index contributed by atoms with van der Waals surface area (Å²) >= 11 is 0.